The molecule has 0 aromatic carbocycles. The number of anilines is 1. The predicted molar refractivity (Wildman–Crippen MR) is 75.2 cm³/mol. The summed E-state index contributed by atoms with van der Waals surface area (Å²) in [5.41, 5.74) is -0.396. The molecule has 0 amide bonds. The van der Waals surface area contributed by atoms with Gasteiger partial charge in [-0.25, -0.2) is 4.98 Å². The Labute approximate surface area is 122 Å². The maximum absolute atomic E-state index is 12.8. The van der Waals surface area contributed by atoms with E-state index in [-0.39, 0.29) is 5.41 Å². The van der Waals surface area contributed by atoms with Crippen molar-refractivity contribution in [2.45, 2.75) is 25.9 Å². The standard InChI is InChI=1S/C15H20F3N3/c1-11-9-21(10-14(11)3-6-19-7-4-14)13-8-12(2-5-20-13)15(16,17)18/h2,5,8,11,19H,3-4,6-7,9-10H2,1H3. The third-order valence-corrected chi connectivity index (χ3v) is 5.04. The molecule has 116 valence electrons. The molecular weight excluding hydrogens is 279 g/mol. The number of aromatic nitrogens is 1. The van der Waals surface area contributed by atoms with Crippen LogP contribution < -0.4 is 10.2 Å². The highest BCUT2D eigenvalue weighted by Crippen LogP contribution is 2.44. The molecule has 21 heavy (non-hydrogen) atoms. The van der Waals surface area contributed by atoms with Gasteiger partial charge in [-0.05, 0) is 49.4 Å². The van der Waals surface area contributed by atoms with Crippen LogP contribution in [-0.2, 0) is 6.18 Å². The molecule has 2 aliphatic rings. The number of nitrogens with one attached hydrogen (secondary N) is 1. The molecule has 3 nitrogen and oxygen atoms in total. The van der Waals surface area contributed by atoms with Crippen LogP contribution in [-0.4, -0.2) is 31.2 Å². The van der Waals surface area contributed by atoms with Gasteiger partial charge in [-0.15, -0.1) is 0 Å². The van der Waals surface area contributed by atoms with Crippen molar-refractivity contribution >= 4 is 5.82 Å². The zero-order valence-corrected chi connectivity index (χ0v) is 12.1. The van der Waals surface area contributed by atoms with Crippen LogP contribution in [0.3, 0.4) is 0 Å². The van der Waals surface area contributed by atoms with E-state index in [1.165, 1.54) is 12.3 Å². The third-order valence-electron chi connectivity index (χ3n) is 5.04. The topological polar surface area (TPSA) is 28.2 Å². The van der Waals surface area contributed by atoms with Crippen molar-refractivity contribution in [3.8, 4) is 0 Å². The van der Waals surface area contributed by atoms with Crippen molar-refractivity contribution in [2.75, 3.05) is 31.1 Å². The van der Waals surface area contributed by atoms with E-state index in [0.717, 1.165) is 45.1 Å². The molecule has 0 bridgehead atoms. The molecule has 0 saturated carbocycles. The van der Waals surface area contributed by atoms with Gasteiger partial charge in [0.15, 0.2) is 0 Å². The summed E-state index contributed by atoms with van der Waals surface area (Å²) in [5, 5.41) is 3.36. The van der Waals surface area contributed by atoms with E-state index in [4.69, 9.17) is 0 Å². The number of nitrogens with zero attached hydrogens (tertiary/aromatic N) is 2. The highest BCUT2D eigenvalue weighted by Gasteiger charge is 2.45. The van der Waals surface area contributed by atoms with Gasteiger partial charge in [0.1, 0.15) is 5.82 Å². The van der Waals surface area contributed by atoms with Crippen molar-refractivity contribution < 1.29 is 13.2 Å². The molecule has 0 radical (unpaired) electrons. The molecule has 1 N–H and O–H groups in total. The largest absolute Gasteiger partial charge is 0.416 e. The minimum atomic E-state index is -4.31. The van der Waals surface area contributed by atoms with Crippen molar-refractivity contribution in [3.05, 3.63) is 23.9 Å². The Kier molecular flexibility index (Phi) is 3.59. The molecule has 3 heterocycles. The lowest BCUT2D eigenvalue weighted by Gasteiger charge is -2.37. The number of pyridine rings is 1. The second kappa shape index (κ2) is 5.16. The minimum Gasteiger partial charge on any atom is -0.356 e. The van der Waals surface area contributed by atoms with E-state index in [9.17, 15) is 13.2 Å². The molecule has 2 fully saturated rings. The Bertz CT molecular complexity index is 509. The third kappa shape index (κ3) is 2.73. The molecule has 1 unspecified atom stereocenters. The maximum Gasteiger partial charge on any atom is 0.416 e. The smallest absolute Gasteiger partial charge is 0.356 e. The van der Waals surface area contributed by atoms with Gasteiger partial charge in [-0.3, -0.25) is 0 Å². The monoisotopic (exact) mass is 299 g/mol. The summed E-state index contributed by atoms with van der Waals surface area (Å²) in [7, 11) is 0. The van der Waals surface area contributed by atoms with Crippen LogP contribution in [0.25, 0.3) is 0 Å². The van der Waals surface area contributed by atoms with Gasteiger partial charge in [0, 0.05) is 19.3 Å². The molecule has 6 heteroatoms. The molecule has 1 aromatic rings. The summed E-state index contributed by atoms with van der Waals surface area (Å²) in [6, 6.07) is 2.20. The first-order chi connectivity index (χ1) is 9.91. The number of alkyl halides is 3. The van der Waals surface area contributed by atoms with Gasteiger partial charge in [-0.2, -0.15) is 13.2 Å². The van der Waals surface area contributed by atoms with Crippen LogP contribution in [0.4, 0.5) is 19.0 Å². The van der Waals surface area contributed by atoms with E-state index in [2.05, 4.69) is 17.2 Å². The summed E-state index contributed by atoms with van der Waals surface area (Å²) in [4.78, 5) is 6.18. The van der Waals surface area contributed by atoms with Gasteiger partial charge in [-0.1, -0.05) is 6.92 Å². The Morgan fingerprint density at radius 3 is 2.71 bits per heavy atom. The summed E-state index contributed by atoms with van der Waals surface area (Å²) in [5.74, 6) is 0.933. The molecule has 3 rings (SSSR count). The number of rotatable bonds is 1. The van der Waals surface area contributed by atoms with Crippen LogP contribution in [0.5, 0.6) is 0 Å². The highest BCUT2D eigenvalue weighted by atomic mass is 19.4. The van der Waals surface area contributed by atoms with Crippen molar-refractivity contribution in [3.63, 3.8) is 0 Å². The predicted octanol–water partition coefficient (Wildman–Crippen LogP) is 2.93. The van der Waals surface area contributed by atoms with Gasteiger partial charge < -0.3 is 10.2 Å². The lowest BCUT2D eigenvalue weighted by molar-refractivity contribution is -0.137. The maximum atomic E-state index is 12.8. The second-order valence-corrected chi connectivity index (χ2v) is 6.29. The molecule has 1 spiro atoms. The van der Waals surface area contributed by atoms with Crippen LogP contribution in [0.2, 0.25) is 0 Å². The quantitative estimate of drug-likeness (QED) is 0.864. The Hall–Kier alpha value is -1.30. The molecule has 1 aromatic heterocycles. The van der Waals surface area contributed by atoms with Gasteiger partial charge >= 0.3 is 6.18 Å². The number of halogens is 3. The first-order valence-corrected chi connectivity index (χ1v) is 7.40. The van der Waals surface area contributed by atoms with Crippen molar-refractivity contribution in [1.29, 1.82) is 0 Å². The second-order valence-electron chi connectivity index (χ2n) is 6.29. The minimum absolute atomic E-state index is 0.223. The number of hydrogen-bond acceptors (Lipinski definition) is 3. The Morgan fingerprint density at radius 1 is 1.33 bits per heavy atom. The zero-order chi connectivity index (χ0) is 15.1. The lowest BCUT2D eigenvalue weighted by atomic mass is 9.72. The average Bonchev–Trinajstić information content (AvgIpc) is 2.76. The van der Waals surface area contributed by atoms with E-state index in [1.807, 2.05) is 4.90 Å². The summed E-state index contributed by atoms with van der Waals surface area (Å²) in [6.45, 7) is 5.79. The van der Waals surface area contributed by atoms with E-state index in [1.54, 1.807) is 0 Å². The number of piperidine rings is 1. The fraction of sp³-hybridized carbons (Fsp3) is 0.667. The van der Waals surface area contributed by atoms with Crippen molar-refractivity contribution in [2.24, 2.45) is 11.3 Å². The van der Waals surface area contributed by atoms with Gasteiger partial charge in [0.2, 0.25) is 0 Å². The van der Waals surface area contributed by atoms with Crippen LogP contribution in [0, 0.1) is 11.3 Å². The summed E-state index contributed by atoms with van der Waals surface area (Å²) >= 11 is 0. The molecule has 2 saturated heterocycles. The van der Waals surface area contributed by atoms with E-state index in [0.29, 0.717) is 11.7 Å². The van der Waals surface area contributed by atoms with Gasteiger partial charge in [0.05, 0.1) is 5.56 Å². The summed E-state index contributed by atoms with van der Waals surface area (Å²) in [6.07, 6.45) is -0.876. The zero-order valence-electron chi connectivity index (χ0n) is 12.1. The molecule has 1 atom stereocenters. The first kappa shape index (κ1) is 14.6. The summed E-state index contributed by atoms with van der Waals surface area (Å²) < 4.78 is 38.5. The van der Waals surface area contributed by atoms with Crippen LogP contribution >= 0.6 is 0 Å². The fourth-order valence-corrected chi connectivity index (χ4v) is 3.64. The van der Waals surface area contributed by atoms with E-state index < -0.39 is 11.7 Å². The first-order valence-electron chi connectivity index (χ1n) is 7.40. The van der Waals surface area contributed by atoms with Gasteiger partial charge in [0.25, 0.3) is 0 Å². The normalized spacial score (nSPS) is 25.5. The van der Waals surface area contributed by atoms with Crippen LogP contribution in [0.1, 0.15) is 25.3 Å². The highest BCUT2D eigenvalue weighted by molar-refractivity contribution is 5.44. The van der Waals surface area contributed by atoms with Crippen LogP contribution in [0.15, 0.2) is 18.3 Å². The molecule has 0 aliphatic carbocycles. The van der Waals surface area contributed by atoms with E-state index >= 15 is 0 Å². The molecular formula is C15H20F3N3. The molecule has 2 aliphatic heterocycles. The number of hydrogen-bond donors (Lipinski definition) is 1. The lowest BCUT2D eigenvalue weighted by Crippen LogP contribution is -2.41. The Morgan fingerprint density at radius 2 is 2.05 bits per heavy atom. The Balaban J connectivity index is 1.82. The van der Waals surface area contributed by atoms with Crippen molar-refractivity contribution in [1.82, 2.24) is 10.3 Å². The average molecular weight is 299 g/mol. The SMILES string of the molecule is CC1CN(c2cc(C(F)(F)F)ccn2)CC12CCNCC2. The fourth-order valence-electron chi connectivity index (χ4n) is 3.64.